The van der Waals surface area contributed by atoms with Crippen LogP contribution in [0.1, 0.15) is 5.56 Å². The molecule has 1 heterocycles. The third-order valence-electron chi connectivity index (χ3n) is 1.51. The zero-order valence-electron chi connectivity index (χ0n) is 7.04. The second kappa shape index (κ2) is 3.72. The third kappa shape index (κ3) is 1.85. The molecule has 0 saturated carbocycles. The van der Waals surface area contributed by atoms with Gasteiger partial charge < -0.3 is 10.5 Å². The Morgan fingerprint density at radius 3 is 3.00 bits per heavy atom. The van der Waals surface area contributed by atoms with Crippen LogP contribution >= 0.6 is 0 Å². The van der Waals surface area contributed by atoms with E-state index in [4.69, 9.17) is 15.7 Å². The van der Waals surface area contributed by atoms with E-state index < -0.39 is 5.82 Å². The van der Waals surface area contributed by atoms with Crippen molar-refractivity contribution in [1.82, 2.24) is 4.98 Å². The van der Waals surface area contributed by atoms with Crippen LogP contribution in [0.2, 0.25) is 0 Å². The summed E-state index contributed by atoms with van der Waals surface area (Å²) in [6.07, 6.45) is 0.0490. The van der Waals surface area contributed by atoms with Crippen LogP contribution in [0.15, 0.2) is 6.07 Å². The first kappa shape index (κ1) is 9.26. The van der Waals surface area contributed by atoms with Crippen LogP contribution in [-0.4, -0.2) is 12.1 Å². The summed E-state index contributed by atoms with van der Waals surface area (Å²) in [6.45, 7) is 0. The second-order valence-electron chi connectivity index (χ2n) is 2.36. The maximum atomic E-state index is 12.9. The quantitative estimate of drug-likeness (QED) is 0.735. The molecule has 2 N–H and O–H groups in total. The van der Waals surface area contributed by atoms with Gasteiger partial charge in [0.05, 0.1) is 19.6 Å². The molecule has 0 radical (unpaired) electrons. The van der Waals surface area contributed by atoms with Crippen LogP contribution in [0.3, 0.4) is 0 Å². The number of ether oxygens (including phenoxy) is 1. The number of hydrogen-bond donors (Lipinski definition) is 1. The topological polar surface area (TPSA) is 71.9 Å². The first-order chi connectivity index (χ1) is 6.19. The van der Waals surface area contributed by atoms with E-state index in [1.54, 1.807) is 0 Å². The predicted molar refractivity (Wildman–Crippen MR) is 44.5 cm³/mol. The van der Waals surface area contributed by atoms with E-state index in [1.807, 2.05) is 6.07 Å². The number of nitriles is 1. The largest absolute Gasteiger partial charge is 0.481 e. The summed E-state index contributed by atoms with van der Waals surface area (Å²) in [5.41, 5.74) is 5.61. The lowest BCUT2D eigenvalue weighted by molar-refractivity contribution is 0.392. The van der Waals surface area contributed by atoms with Gasteiger partial charge in [0, 0.05) is 5.56 Å². The Hall–Kier alpha value is -1.83. The Morgan fingerprint density at radius 2 is 2.46 bits per heavy atom. The molecule has 0 saturated heterocycles. The number of rotatable bonds is 2. The second-order valence-corrected chi connectivity index (χ2v) is 2.36. The molecule has 1 aromatic heterocycles. The van der Waals surface area contributed by atoms with Gasteiger partial charge in [0.1, 0.15) is 0 Å². The Kier molecular flexibility index (Phi) is 2.65. The Labute approximate surface area is 74.8 Å². The summed E-state index contributed by atoms with van der Waals surface area (Å²) in [6, 6.07) is 3.04. The minimum absolute atomic E-state index is 0.0490. The summed E-state index contributed by atoms with van der Waals surface area (Å²) in [5.74, 6) is -0.662. The number of hydrogen-bond acceptors (Lipinski definition) is 4. The highest BCUT2D eigenvalue weighted by atomic mass is 19.1. The molecule has 1 aromatic rings. The number of anilines is 1. The van der Waals surface area contributed by atoms with Crippen molar-refractivity contribution in [2.24, 2.45) is 0 Å². The average Bonchev–Trinajstić information content (AvgIpc) is 2.11. The first-order valence-electron chi connectivity index (χ1n) is 3.55. The molecule has 0 fully saturated rings. The number of aromatic nitrogens is 1. The maximum Gasteiger partial charge on any atom is 0.219 e. The zero-order chi connectivity index (χ0) is 9.84. The van der Waals surface area contributed by atoms with Gasteiger partial charge in [0.2, 0.25) is 5.88 Å². The molecule has 0 spiro atoms. The SMILES string of the molecule is COc1nc(N)c(F)cc1CC#N. The number of methoxy groups -OCH3 is 1. The van der Waals surface area contributed by atoms with Crippen molar-refractivity contribution in [2.45, 2.75) is 6.42 Å². The molecule has 13 heavy (non-hydrogen) atoms. The maximum absolute atomic E-state index is 12.9. The number of nitrogen functional groups attached to an aromatic ring is 1. The van der Waals surface area contributed by atoms with Crippen molar-refractivity contribution in [1.29, 1.82) is 5.26 Å². The summed E-state index contributed by atoms with van der Waals surface area (Å²) in [7, 11) is 1.39. The number of halogens is 1. The van der Waals surface area contributed by atoms with E-state index in [9.17, 15) is 4.39 Å². The van der Waals surface area contributed by atoms with E-state index >= 15 is 0 Å². The normalized spacial score (nSPS) is 9.31. The highest BCUT2D eigenvalue weighted by Gasteiger charge is 2.09. The lowest BCUT2D eigenvalue weighted by atomic mass is 10.2. The molecular weight excluding hydrogens is 173 g/mol. The summed E-state index contributed by atoms with van der Waals surface area (Å²) in [4.78, 5) is 3.64. The van der Waals surface area contributed by atoms with Crippen LogP contribution in [-0.2, 0) is 6.42 Å². The van der Waals surface area contributed by atoms with Crippen molar-refractivity contribution >= 4 is 5.82 Å². The monoisotopic (exact) mass is 181 g/mol. The highest BCUT2D eigenvalue weighted by molar-refractivity contribution is 5.40. The molecule has 0 aliphatic heterocycles. The van der Waals surface area contributed by atoms with Crippen LogP contribution < -0.4 is 10.5 Å². The fourth-order valence-corrected chi connectivity index (χ4v) is 0.912. The van der Waals surface area contributed by atoms with Crippen LogP contribution in [0.5, 0.6) is 5.88 Å². The van der Waals surface area contributed by atoms with Crippen molar-refractivity contribution in [2.75, 3.05) is 12.8 Å². The van der Waals surface area contributed by atoms with Gasteiger partial charge in [0.15, 0.2) is 11.6 Å². The summed E-state index contributed by atoms with van der Waals surface area (Å²) < 4.78 is 17.7. The highest BCUT2D eigenvalue weighted by Crippen LogP contribution is 2.20. The van der Waals surface area contributed by atoms with Crippen LogP contribution in [0.4, 0.5) is 10.2 Å². The van der Waals surface area contributed by atoms with Gasteiger partial charge in [-0.05, 0) is 6.07 Å². The van der Waals surface area contributed by atoms with Gasteiger partial charge in [-0.3, -0.25) is 0 Å². The molecule has 0 atom stereocenters. The smallest absolute Gasteiger partial charge is 0.219 e. The third-order valence-corrected chi connectivity index (χ3v) is 1.51. The lowest BCUT2D eigenvalue weighted by Crippen LogP contribution is -2.01. The summed E-state index contributed by atoms with van der Waals surface area (Å²) >= 11 is 0. The number of nitrogens with two attached hydrogens (primary N) is 1. The molecule has 0 aliphatic carbocycles. The van der Waals surface area contributed by atoms with Gasteiger partial charge in [-0.1, -0.05) is 0 Å². The Balaban J connectivity index is 3.18. The van der Waals surface area contributed by atoms with Crippen LogP contribution in [0, 0.1) is 17.1 Å². The van der Waals surface area contributed by atoms with E-state index in [-0.39, 0.29) is 18.1 Å². The predicted octanol–water partition coefficient (Wildman–Crippen LogP) is 0.878. The molecule has 0 unspecified atom stereocenters. The van der Waals surface area contributed by atoms with Gasteiger partial charge in [-0.25, -0.2) is 4.39 Å². The van der Waals surface area contributed by atoms with Crippen molar-refractivity contribution in [3.63, 3.8) is 0 Å². The molecule has 68 valence electrons. The molecule has 0 aromatic carbocycles. The van der Waals surface area contributed by atoms with E-state index in [0.717, 1.165) is 6.07 Å². The number of pyridine rings is 1. The van der Waals surface area contributed by atoms with Gasteiger partial charge in [-0.2, -0.15) is 10.2 Å². The molecule has 0 aliphatic rings. The molecule has 1 rings (SSSR count). The summed E-state index contributed by atoms with van der Waals surface area (Å²) in [5, 5.41) is 8.41. The molecule has 0 amide bonds. The fraction of sp³-hybridized carbons (Fsp3) is 0.250. The molecule has 0 bridgehead atoms. The van der Waals surface area contributed by atoms with E-state index in [0.29, 0.717) is 5.56 Å². The minimum Gasteiger partial charge on any atom is -0.481 e. The van der Waals surface area contributed by atoms with E-state index in [1.165, 1.54) is 7.11 Å². The average molecular weight is 181 g/mol. The Bertz CT molecular complexity index is 359. The van der Waals surface area contributed by atoms with Crippen molar-refractivity contribution in [3.8, 4) is 11.9 Å². The lowest BCUT2D eigenvalue weighted by Gasteiger charge is -2.05. The van der Waals surface area contributed by atoms with Crippen molar-refractivity contribution in [3.05, 3.63) is 17.4 Å². The zero-order valence-corrected chi connectivity index (χ0v) is 7.04. The number of nitrogens with zero attached hydrogens (tertiary/aromatic N) is 2. The van der Waals surface area contributed by atoms with Crippen molar-refractivity contribution < 1.29 is 9.13 Å². The van der Waals surface area contributed by atoms with Crippen LogP contribution in [0.25, 0.3) is 0 Å². The Morgan fingerprint density at radius 1 is 1.77 bits per heavy atom. The molecule has 5 heteroatoms. The molecular formula is C8H8FN3O. The van der Waals surface area contributed by atoms with E-state index in [2.05, 4.69) is 4.98 Å². The standard InChI is InChI=1S/C8H8FN3O/c1-13-8-5(2-3-10)4-6(9)7(11)12-8/h4H,2H2,1H3,(H2,11,12). The molecule has 4 nitrogen and oxygen atoms in total. The van der Waals surface area contributed by atoms with Gasteiger partial charge >= 0.3 is 0 Å². The van der Waals surface area contributed by atoms with Gasteiger partial charge in [-0.15, -0.1) is 0 Å². The first-order valence-corrected chi connectivity index (χ1v) is 3.55. The minimum atomic E-state index is -0.633. The van der Waals surface area contributed by atoms with Gasteiger partial charge in [0.25, 0.3) is 0 Å². The fourth-order valence-electron chi connectivity index (χ4n) is 0.912.